The molecule has 7 N–H and O–H groups in total. The Hall–Kier alpha value is -5.87. The van der Waals surface area contributed by atoms with E-state index >= 15 is 0 Å². The average molecular weight is 863 g/mol. The Kier molecular flexibility index (Phi) is 18.0. The second-order valence-corrected chi connectivity index (χ2v) is 17.9. The minimum Gasteiger partial charge on any atom is -0.465 e. The molecule has 4 rings (SSSR count). The highest BCUT2D eigenvalue weighted by molar-refractivity contribution is 5.95. The summed E-state index contributed by atoms with van der Waals surface area (Å²) >= 11 is 0. The lowest BCUT2D eigenvalue weighted by atomic mass is 9.86. The summed E-state index contributed by atoms with van der Waals surface area (Å²) < 4.78 is 5.33. The van der Waals surface area contributed by atoms with Crippen LogP contribution >= 0.6 is 0 Å². The molecule has 5 atom stereocenters. The third-order valence-electron chi connectivity index (χ3n) is 11.0. The van der Waals surface area contributed by atoms with E-state index in [0.717, 1.165) is 12.0 Å². The van der Waals surface area contributed by atoms with Gasteiger partial charge in [0.15, 0.2) is 0 Å². The average Bonchev–Trinajstić information content (AvgIpc) is 3.84. The SMILES string of the molecule is CNC(=O)N1CCC2(CCN(C(=O)C(CCCCNC(=O)OC(C)(C)C)NC(=O)C(CC(C)C)NC(=O)C(Cc3ccccc3)NC(=O)C(Cc3ccccc3)NC(=O)O)C2)C1. The number of carbonyl (C=O) groups is 7. The number of unbranched alkanes of at least 4 members (excludes halogenated alkanes) is 1. The Labute approximate surface area is 364 Å². The first-order valence-electron chi connectivity index (χ1n) is 21.6. The van der Waals surface area contributed by atoms with E-state index in [0.29, 0.717) is 57.5 Å². The first-order valence-corrected chi connectivity index (χ1v) is 21.6. The van der Waals surface area contributed by atoms with E-state index in [2.05, 4.69) is 31.9 Å². The van der Waals surface area contributed by atoms with Gasteiger partial charge in [-0.05, 0) is 76.3 Å². The van der Waals surface area contributed by atoms with E-state index < -0.39 is 59.7 Å². The largest absolute Gasteiger partial charge is 0.465 e. The topological polar surface area (TPSA) is 228 Å². The maximum absolute atomic E-state index is 14.3. The molecular weight excluding hydrogens is 797 g/mol. The van der Waals surface area contributed by atoms with Crippen molar-refractivity contribution in [3.05, 3.63) is 71.8 Å². The number of nitrogens with one attached hydrogen (secondary N) is 6. The molecule has 2 aliphatic heterocycles. The van der Waals surface area contributed by atoms with Crippen LogP contribution in [0.3, 0.4) is 0 Å². The molecule has 2 aliphatic rings. The highest BCUT2D eigenvalue weighted by Gasteiger charge is 2.47. The summed E-state index contributed by atoms with van der Waals surface area (Å²) in [6, 6.07) is 13.3. The van der Waals surface area contributed by atoms with Crippen LogP contribution in [0.15, 0.2) is 60.7 Å². The van der Waals surface area contributed by atoms with Crippen molar-refractivity contribution in [1.82, 2.24) is 41.7 Å². The molecule has 340 valence electrons. The quantitative estimate of drug-likeness (QED) is 0.102. The second-order valence-electron chi connectivity index (χ2n) is 17.9. The van der Waals surface area contributed by atoms with Gasteiger partial charge in [-0.15, -0.1) is 0 Å². The molecule has 2 aromatic rings. The van der Waals surface area contributed by atoms with Crippen LogP contribution in [0.1, 0.15) is 84.3 Å². The standard InChI is InChI=1S/C45H66N8O9/c1-30(2)25-34(49-38(55)35(26-31-15-9-7-10-16-31)50-39(56)36(51-42(59)60)27-32-17-11-8-12-18-32)37(54)48-33(19-13-14-22-47-43(61)62-44(3,4)5)40(57)52-23-20-45(28-52)21-24-53(29-45)41(58)46-6/h7-12,15-18,30,33-36,51H,13-14,19-29H2,1-6H3,(H,46,58)(H,47,61)(H,48,54)(H,49,55)(H,50,56)(H,59,60). The van der Waals surface area contributed by atoms with E-state index in [1.807, 2.05) is 19.9 Å². The van der Waals surface area contributed by atoms with Crippen molar-refractivity contribution >= 4 is 41.8 Å². The number of hydrogen-bond donors (Lipinski definition) is 7. The molecule has 2 aromatic carbocycles. The fourth-order valence-electron chi connectivity index (χ4n) is 7.97. The number of carboxylic acid groups (broad SMARTS) is 1. The number of urea groups is 1. The highest BCUT2D eigenvalue weighted by atomic mass is 16.6. The number of amides is 8. The molecule has 17 heteroatoms. The Morgan fingerprint density at radius 1 is 0.710 bits per heavy atom. The number of rotatable bonds is 19. The second kappa shape index (κ2) is 22.8. The van der Waals surface area contributed by atoms with Gasteiger partial charge in [0.25, 0.3) is 0 Å². The van der Waals surface area contributed by atoms with E-state index in [1.54, 1.807) is 92.2 Å². The van der Waals surface area contributed by atoms with Crippen molar-refractivity contribution in [1.29, 1.82) is 0 Å². The summed E-state index contributed by atoms with van der Waals surface area (Å²) in [6.45, 7) is 11.4. The molecule has 8 amide bonds. The Bertz CT molecular complexity index is 1840. The zero-order valence-electron chi connectivity index (χ0n) is 37.0. The van der Waals surface area contributed by atoms with Crippen LogP contribution in [0.2, 0.25) is 0 Å². The maximum atomic E-state index is 14.3. The fourth-order valence-corrected chi connectivity index (χ4v) is 7.97. The van der Waals surface area contributed by atoms with Gasteiger partial charge in [0.05, 0.1) is 0 Å². The van der Waals surface area contributed by atoms with E-state index in [-0.39, 0.29) is 49.0 Å². The highest BCUT2D eigenvalue weighted by Crippen LogP contribution is 2.39. The van der Waals surface area contributed by atoms with Crippen molar-refractivity contribution in [2.24, 2.45) is 11.3 Å². The molecule has 62 heavy (non-hydrogen) atoms. The number of carbonyl (C=O) groups excluding carboxylic acids is 6. The summed E-state index contributed by atoms with van der Waals surface area (Å²) in [5, 5.41) is 25.8. The molecular formula is C45H66N8O9. The van der Waals surface area contributed by atoms with Crippen LogP contribution in [0.25, 0.3) is 0 Å². The molecule has 0 radical (unpaired) electrons. The Morgan fingerprint density at radius 3 is 1.74 bits per heavy atom. The number of nitrogens with zero attached hydrogens (tertiary/aromatic N) is 2. The van der Waals surface area contributed by atoms with Crippen molar-refractivity contribution in [2.75, 3.05) is 39.8 Å². The Balaban J connectivity index is 1.52. The van der Waals surface area contributed by atoms with Gasteiger partial charge in [-0.25, -0.2) is 14.4 Å². The summed E-state index contributed by atoms with van der Waals surface area (Å²) in [4.78, 5) is 96.5. The molecule has 1 spiro atoms. The molecule has 0 saturated carbocycles. The number of hydrogen-bond acceptors (Lipinski definition) is 8. The summed E-state index contributed by atoms with van der Waals surface area (Å²) in [5.74, 6) is -2.28. The van der Waals surface area contributed by atoms with Crippen LogP contribution in [0.4, 0.5) is 14.4 Å². The minimum absolute atomic E-state index is 0.0357. The maximum Gasteiger partial charge on any atom is 0.407 e. The number of alkyl carbamates (subject to hydrolysis) is 1. The normalized spacial score (nSPS) is 18.0. The van der Waals surface area contributed by atoms with E-state index in [9.17, 15) is 38.7 Å². The zero-order chi connectivity index (χ0) is 45.5. The van der Waals surface area contributed by atoms with Gasteiger partial charge in [-0.1, -0.05) is 74.5 Å². The van der Waals surface area contributed by atoms with E-state index in [1.165, 1.54) is 0 Å². The molecule has 2 heterocycles. The molecule has 17 nitrogen and oxygen atoms in total. The summed E-state index contributed by atoms with van der Waals surface area (Å²) in [6.07, 6.45) is 1.02. The lowest BCUT2D eigenvalue weighted by molar-refractivity contribution is -0.137. The fraction of sp³-hybridized carbons (Fsp3) is 0.578. The number of ether oxygens (including phenoxy) is 1. The van der Waals surface area contributed by atoms with Crippen LogP contribution in [-0.2, 0) is 36.8 Å². The predicted octanol–water partition coefficient (Wildman–Crippen LogP) is 3.57. The molecule has 2 saturated heterocycles. The van der Waals surface area contributed by atoms with Crippen LogP contribution < -0.4 is 31.9 Å². The third kappa shape index (κ3) is 15.5. The van der Waals surface area contributed by atoms with Gasteiger partial charge in [0, 0.05) is 58.0 Å². The van der Waals surface area contributed by atoms with Crippen LogP contribution in [0.5, 0.6) is 0 Å². The van der Waals surface area contributed by atoms with Crippen molar-refractivity contribution in [3.8, 4) is 0 Å². The number of likely N-dealkylation sites (tertiary alicyclic amines) is 2. The van der Waals surface area contributed by atoms with Crippen molar-refractivity contribution < 1.29 is 43.4 Å². The minimum atomic E-state index is -1.40. The zero-order valence-corrected chi connectivity index (χ0v) is 37.0. The number of benzene rings is 2. The molecule has 5 unspecified atom stereocenters. The molecule has 0 aliphatic carbocycles. The summed E-state index contributed by atoms with van der Waals surface area (Å²) in [7, 11) is 1.59. The lowest BCUT2D eigenvalue weighted by Gasteiger charge is -2.29. The Morgan fingerprint density at radius 2 is 1.21 bits per heavy atom. The molecule has 2 fully saturated rings. The van der Waals surface area contributed by atoms with Gasteiger partial charge in [-0.3, -0.25) is 19.2 Å². The van der Waals surface area contributed by atoms with Crippen LogP contribution in [-0.4, -0.2) is 126 Å². The molecule has 0 bridgehead atoms. The van der Waals surface area contributed by atoms with Crippen molar-refractivity contribution in [3.63, 3.8) is 0 Å². The summed E-state index contributed by atoms with van der Waals surface area (Å²) in [5.41, 5.74) is 0.522. The third-order valence-corrected chi connectivity index (χ3v) is 11.0. The first-order chi connectivity index (χ1) is 29.4. The van der Waals surface area contributed by atoms with Gasteiger partial charge in [-0.2, -0.15) is 0 Å². The first kappa shape index (κ1) is 48.8. The lowest BCUT2D eigenvalue weighted by Crippen LogP contribution is -2.59. The smallest absolute Gasteiger partial charge is 0.407 e. The van der Waals surface area contributed by atoms with Crippen molar-refractivity contribution in [2.45, 2.75) is 116 Å². The van der Waals surface area contributed by atoms with Gasteiger partial charge < -0.3 is 51.5 Å². The van der Waals surface area contributed by atoms with Gasteiger partial charge in [0.1, 0.15) is 29.8 Å². The van der Waals surface area contributed by atoms with Gasteiger partial charge in [0.2, 0.25) is 23.6 Å². The molecule has 0 aromatic heterocycles. The van der Waals surface area contributed by atoms with Gasteiger partial charge >= 0.3 is 18.2 Å². The monoisotopic (exact) mass is 862 g/mol. The van der Waals surface area contributed by atoms with Crippen LogP contribution in [0, 0.1) is 11.3 Å². The predicted molar refractivity (Wildman–Crippen MR) is 233 cm³/mol. The van der Waals surface area contributed by atoms with E-state index in [4.69, 9.17) is 4.74 Å².